The second-order valence-corrected chi connectivity index (χ2v) is 7.70. The molecule has 0 aromatic heterocycles. The van der Waals surface area contributed by atoms with Gasteiger partial charge >= 0.3 is 0 Å². The van der Waals surface area contributed by atoms with Crippen LogP contribution >= 0.6 is 11.6 Å². The molecule has 1 aliphatic carbocycles. The van der Waals surface area contributed by atoms with Gasteiger partial charge in [0.05, 0.1) is 5.92 Å². The molecule has 0 bridgehead atoms. The van der Waals surface area contributed by atoms with E-state index in [-0.39, 0.29) is 29.4 Å². The van der Waals surface area contributed by atoms with E-state index >= 15 is 0 Å². The van der Waals surface area contributed by atoms with E-state index < -0.39 is 0 Å². The standard InChI is InChI=1S/C22H20ClNO2/c1-13-5-4-6-14(9-13)17-12-21(26)24-19-10-15(11-20(25)22(17)19)16-7-2-3-8-18(16)23/h2-9,15,17,22H,10-12H2,1H3. The summed E-state index contributed by atoms with van der Waals surface area (Å²) >= 11 is 6.33. The number of carbonyl (C=O) groups excluding carboxylic acids is 2. The third-order valence-electron chi connectivity index (χ3n) is 5.49. The van der Waals surface area contributed by atoms with E-state index in [1.54, 1.807) is 0 Å². The van der Waals surface area contributed by atoms with Crippen LogP contribution in [0.3, 0.4) is 0 Å². The molecule has 3 unspecified atom stereocenters. The van der Waals surface area contributed by atoms with E-state index in [9.17, 15) is 9.59 Å². The highest BCUT2D eigenvalue weighted by Crippen LogP contribution is 2.43. The molecule has 0 N–H and O–H groups in total. The molecule has 1 amide bonds. The minimum Gasteiger partial charge on any atom is -0.299 e. The number of aryl methyl sites for hydroxylation is 1. The molecule has 0 saturated heterocycles. The van der Waals surface area contributed by atoms with Crippen molar-refractivity contribution in [1.29, 1.82) is 0 Å². The van der Waals surface area contributed by atoms with Crippen LogP contribution in [0.15, 0.2) is 53.5 Å². The van der Waals surface area contributed by atoms with Gasteiger partial charge in [-0.05, 0) is 36.5 Å². The van der Waals surface area contributed by atoms with Crippen LogP contribution < -0.4 is 0 Å². The van der Waals surface area contributed by atoms with Crippen LogP contribution in [0.5, 0.6) is 0 Å². The number of Topliss-reactive ketones (excluding diaryl/α,β-unsaturated/α-hetero) is 1. The van der Waals surface area contributed by atoms with Gasteiger partial charge in [0.2, 0.25) is 5.91 Å². The second-order valence-electron chi connectivity index (χ2n) is 7.29. The Bertz CT molecular complexity index is 918. The lowest BCUT2D eigenvalue weighted by atomic mass is 9.67. The third-order valence-corrected chi connectivity index (χ3v) is 5.83. The van der Waals surface area contributed by atoms with E-state index in [2.05, 4.69) is 11.1 Å². The Morgan fingerprint density at radius 3 is 2.58 bits per heavy atom. The fourth-order valence-electron chi connectivity index (χ4n) is 4.33. The van der Waals surface area contributed by atoms with Crippen molar-refractivity contribution in [2.24, 2.45) is 10.9 Å². The van der Waals surface area contributed by atoms with Crippen molar-refractivity contribution < 1.29 is 9.59 Å². The fourth-order valence-corrected chi connectivity index (χ4v) is 4.62. The van der Waals surface area contributed by atoms with Gasteiger partial charge in [0.25, 0.3) is 0 Å². The SMILES string of the molecule is Cc1cccc(C2CC(=O)N=C3CC(c4ccccc4Cl)CC(=O)C32)c1. The van der Waals surface area contributed by atoms with Crippen molar-refractivity contribution in [2.75, 3.05) is 0 Å². The van der Waals surface area contributed by atoms with Crippen molar-refractivity contribution >= 4 is 29.0 Å². The zero-order valence-electron chi connectivity index (χ0n) is 14.6. The molecule has 2 aromatic rings. The molecule has 3 atom stereocenters. The van der Waals surface area contributed by atoms with Crippen LogP contribution in [0.2, 0.25) is 5.02 Å². The maximum Gasteiger partial charge on any atom is 0.246 e. The summed E-state index contributed by atoms with van der Waals surface area (Å²) < 4.78 is 0. The molecule has 1 saturated carbocycles. The lowest BCUT2D eigenvalue weighted by molar-refractivity contribution is -0.124. The monoisotopic (exact) mass is 365 g/mol. The Kier molecular flexibility index (Phi) is 4.49. The quantitative estimate of drug-likeness (QED) is 0.762. The highest BCUT2D eigenvalue weighted by molar-refractivity contribution is 6.31. The number of amides is 1. The summed E-state index contributed by atoms with van der Waals surface area (Å²) in [6.45, 7) is 2.03. The Morgan fingerprint density at radius 1 is 1.00 bits per heavy atom. The normalized spacial score (nSPS) is 25.6. The van der Waals surface area contributed by atoms with E-state index in [0.29, 0.717) is 24.3 Å². The molecular formula is C22H20ClNO2. The summed E-state index contributed by atoms with van der Waals surface area (Å²) in [5.74, 6) is -0.354. The van der Waals surface area contributed by atoms with Gasteiger partial charge in [0.1, 0.15) is 5.78 Å². The number of fused-ring (bicyclic) bond motifs is 1. The summed E-state index contributed by atoms with van der Waals surface area (Å²) in [6, 6.07) is 15.7. The number of aliphatic imine (C=N–C) groups is 1. The minimum absolute atomic E-state index is 0.00439. The molecule has 2 aliphatic rings. The number of hydrogen-bond donors (Lipinski definition) is 0. The molecule has 1 fully saturated rings. The van der Waals surface area contributed by atoms with Crippen molar-refractivity contribution in [3.8, 4) is 0 Å². The Morgan fingerprint density at radius 2 is 1.81 bits per heavy atom. The molecule has 4 heteroatoms. The first-order valence-corrected chi connectivity index (χ1v) is 9.34. The molecule has 26 heavy (non-hydrogen) atoms. The molecule has 1 aliphatic heterocycles. The predicted octanol–water partition coefficient (Wildman–Crippen LogP) is 4.87. The number of hydrogen-bond acceptors (Lipinski definition) is 2. The average molecular weight is 366 g/mol. The maximum absolute atomic E-state index is 13.1. The number of carbonyl (C=O) groups is 2. The van der Waals surface area contributed by atoms with Crippen molar-refractivity contribution in [2.45, 2.75) is 38.0 Å². The number of rotatable bonds is 2. The van der Waals surface area contributed by atoms with Gasteiger partial charge in [-0.1, -0.05) is 59.6 Å². The number of halogens is 1. The van der Waals surface area contributed by atoms with E-state index in [4.69, 9.17) is 11.6 Å². The summed E-state index contributed by atoms with van der Waals surface area (Å²) in [5, 5.41) is 0.668. The largest absolute Gasteiger partial charge is 0.299 e. The van der Waals surface area contributed by atoms with Gasteiger partial charge in [-0.25, -0.2) is 4.99 Å². The van der Waals surface area contributed by atoms with Gasteiger partial charge in [0, 0.05) is 29.5 Å². The molecule has 2 aromatic carbocycles. The zero-order valence-corrected chi connectivity index (χ0v) is 15.4. The third kappa shape index (κ3) is 3.12. The average Bonchev–Trinajstić information content (AvgIpc) is 2.61. The van der Waals surface area contributed by atoms with Crippen LogP contribution in [-0.2, 0) is 9.59 Å². The minimum atomic E-state index is -0.284. The molecule has 4 rings (SSSR count). The summed E-state index contributed by atoms with van der Waals surface area (Å²) in [6.07, 6.45) is 1.37. The number of nitrogens with zero attached hydrogens (tertiary/aromatic N) is 1. The van der Waals surface area contributed by atoms with Crippen LogP contribution in [0.4, 0.5) is 0 Å². The van der Waals surface area contributed by atoms with Crippen LogP contribution in [0, 0.1) is 12.8 Å². The first-order valence-electron chi connectivity index (χ1n) is 8.97. The number of benzene rings is 2. The number of ketones is 1. The zero-order chi connectivity index (χ0) is 18.3. The fraction of sp³-hybridized carbons (Fsp3) is 0.318. The Labute approximate surface area is 158 Å². The first-order chi connectivity index (χ1) is 12.5. The van der Waals surface area contributed by atoms with Crippen molar-refractivity contribution in [1.82, 2.24) is 0 Å². The van der Waals surface area contributed by atoms with E-state index in [1.165, 1.54) is 0 Å². The molecule has 132 valence electrons. The lowest BCUT2D eigenvalue weighted by Gasteiger charge is -2.36. The Hall–Kier alpha value is -2.26. The van der Waals surface area contributed by atoms with Gasteiger partial charge in [-0.2, -0.15) is 0 Å². The smallest absolute Gasteiger partial charge is 0.246 e. The van der Waals surface area contributed by atoms with E-state index in [0.717, 1.165) is 22.4 Å². The molecule has 1 heterocycles. The van der Waals surface area contributed by atoms with Gasteiger partial charge < -0.3 is 0 Å². The van der Waals surface area contributed by atoms with Gasteiger partial charge in [0.15, 0.2) is 0 Å². The molecule has 0 radical (unpaired) electrons. The first kappa shape index (κ1) is 17.2. The summed E-state index contributed by atoms with van der Waals surface area (Å²) in [5.41, 5.74) is 3.89. The van der Waals surface area contributed by atoms with Crippen LogP contribution in [-0.4, -0.2) is 17.4 Å². The maximum atomic E-state index is 13.1. The Balaban J connectivity index is 1.69. The second kappa shape index (κ2) is 6.81. The van der Waals surface area contributed by atoms with Crippen molar-refractivity contribution in [3.63, 3.8) is 0 Å². The highest BCUT2D eigenvalue weighted by atomic mass is 35.5. The summed E-state index contributed by atoms with van der Waals surface area (Å²) in [7, 11) is 0. The van der Waals surface area contributed by atoms with Crippen molar-refractivity contribution in [3.05, 3.63) is 70.2 Å². The molecule has 3 nitrogen and oxygen atoms in total. The highest BCUT2D eigenvalue weighted by Gasteiger charge is 2.43. The van der Waals surface area contributed by atoms with Gasteiger partial charge in [-0.3, -0.25) is 9.59 Å². The molecule has 0 spiro atoms. The topological polar surface area (TPSA) is 46.5 Å². The van der Waals surface area contributed by atoms with Crippen LogP contribution in [0.25, 0.3) is 0 Å². The summed E-state index contributed by atoms with van der Waals surface area (Å²) in [4.78, 5) is 29.6. The predicted molar refractivity (Wildman–Crippen MR) is 103 cm³/mol. The van der Waals surface area contributed by atoms with E-state index in [1.807, 2.05) is 49.4 Å². The lowest BCUT2D eigenvalue weighted by Crippen LogP contribution is -2.40. The van der Waals surface area contributed by atoms with Crippen LogP contribution in [0.1, 0.15) is 47.8 Å². The van der Waals surface area contributed by atoms with Gasteiger partial charge in [-0.15, -0.1) is 0 Å². The molecular weight excluding hydrogens is 346 g/mol.